The SMILES string of the molecule is CC(=O)OCCSS. The van der Waals surface area contributed by atoms with Crippen LogP contribution in [0.2, 0.25) is 0 Å². The second-order valence-electron chi connectivity index (χ2n) is 1.17. The molecule has 0 aliphatic heterocycles. The lowest BCUT2D eigenvalue weighted by atomic mass is 10.8. The van der Waals surface area contributed by atoms with Gasteiger partial charge >= 0.3 is 5.97 Å². The number of hydrogen-bond acceptors (Lipinski definition) is 4. The highest BCUT2D eigenvalue weighted by molar-refractivity contribution is 8.68. The zero-order chi connectivity index (χ0) is 6.41. The summed E-state index contributed by atoms with van der Waals surface area (Å²) in [7, 11) is 1.36. The second-order valence-corrected chi connectivity index (χ2v) is 2.61. The third kappa shape index (κ3) is 6.17. The highest BCUT2D eigenvalue weighted by atomic mass is 33.1. The number of hydrogen-bond donors (Lipinski definition) is 1. The first kappa shape index (κ1) is 8.17. The predicted octanol–water partition coefficient (Wildman–Crippen LogP) is 1.13. The molecule has 0 heterocycles. The molecule has 0 amide bonds. The molecule has 0 aliphatic rings. The van der Waals surface area contributed by atoms with E-state index in [1.807, 2.05) is 0 Å². The summed E-state index contributed by atoms with van der Waals surface area (Å²) in [6, 6.07) is 0. The van der Waals surface area contributed by atoms with Crippen molar-refractivity contribution in [2.45, 2.75) is 6.92 Å². The van der Waals surface area contributed by atoms with Crippen LogP contribution in [0.15, 0.2) is 0 Å². The Hall–Kier alpha value is 0.170. The minimum Gasteiger partial charge on any atom is -0.465 e. The molecule has 0 aromatic rings. The maximum absolute atomic E-state index is 10.1. The average Bonchev–Trinajstić information content (AvgIpc) is 1.66. The van der Waals surface area contributed by atoms with Gasteiger partial charge in [0, 0.05) is 12.7 Å². The molecule has 0 bridgehead atoms. The van der Waals surface area contributed by atoms with Gasteiger partial charge in [-0.2, -0.15) is 0 Å². The average molecular weight is 152 g/mol. The van der Waals surface area contributed by atoms with E-state index >= 15 is 0 Å². The molecule has 0 unspecified atom stereocenters. The van der Waals surface area contributed by atoms with Gasteiger partial charge in [-0.05, 0) is 0 Å². The summed E-state index contributed by atoms with van der Waals surface area (Å²) in [6.45, 7) is 1.85. The second kappa shape index (κ2) is 5.31. The number of thiol groups is 1. The van der Waals surface area contributed by atoms with Crippen LogP contribution in [0, 0.1) is 0 Å². The van der Waals surface area contributed by atoms with Crippen molar-refractivity contribution in [3.63, 3.8) is 0 Å². The minimum absolute atomic E-state index is 0.229. The summed E-state index contributed by atoms with van der Waals surface area (Å²) in [6.07, 6.45) is 0. The van der Waals surface area contributed by atoms with E-state index in [1.165, 1.54) is 17.7 Å². The van der Waals surface area contributed by atoms with Crippen molar-refractivity contribution in [3.05, 3.63) is 0 Å². The molecule has 0 fully saturated rings. The van der Waals surface area contributed by atoms with Gasteiger partial charge in [-0.1, -0.05) is 10.8 Å². The van der Waals surface area contributed by atoms with Gasteiger partial charge in [0.2, 0.25) is 0 Å². The monoisotopic (exact) mass is 152 g/mol. The van der Waals surface area contributed by atoms with Crippen LogP contribution in [0.25, 0.3) is 0 Å². The summed E-state index contributed by atoms with van der Waals surface area (Å²) in [5.74, 6) is 0.523. The van der Waals surface area contributed by atoms with Crippen LogP contribution in [0.1, 0.15) is 6.92 Å². The normalized spacial score (nSPS) is 8.75. The van der Waals surface area contributed by atoms with E-state index in [9.17, 15) is 4.79 Å². The van der Waals surface area contributed by atoms with Crippen molar-refractivity contribution in [1.82, 2.24) is 0 Å². The van der Waals surface area contributed by atoms with Crippen molar-refractivity contribution in [3.8, 4) is 0 Å². The number of esters is 1. The molecule has 0 atom stereocenters. The fourth-order valence-electron chi connectivity index (χ4n) is 0.223. The lowest BCUT2D eigenvalue weighted by molar-refractivity contribution is -0.140. The Labute approximate surface area is 57.8 Å². The van der Waals surface area contributed by atoms with Gasteiger partial charge in [0.1, 0.15) is 6.61 Å². The van der Waals surface area contributed by atoms with Crippen LogP contribution in [-0.4, -0.2) is 18.3 Å². The maximum Gasteiger partial charge on any atom is 0.302 e. The first-order chi connectivity index (χ1) is 3.77. The standard InChI is InChI=1S/C4H8O2S2/c1-4(5)6-2-3-8-7/h7H,2-3H2,1H3. The Morgan fingerprint density at radius 1 is 1.88 bits per heavy atom. The topological polar surface area (TPSA) is 26.3 Å². The van der Waals surface area contributed by atoms with Gasteiger partial charge in [0.05, 0.1) is 0 Å². The lowest BCUT2D eigenvalue weighted by Gasteiger charge is -1.95. The van der Waals surface area contributed by atoms with E-state index in [2.05, 4.69) is 16.4 Å². The third-order valence-corrected chi connectivity index (χ3v) is 1.38. The van der Waals surface area contributed by atoms with E-state index in [1.54, 1.807) is 0 Å². The maximum atomic E-state index is 10.1. The molecule has 8 heavy (non-hydrogen) atoms. The van der Waals surface area contributed by atoms with Crippen molar-refractivity contribution in [2.24, 2.45) is 0 Å². The Morgan fingerprint density at radius 3 is 2.88 bits per heavy atom. The minimum atomic E-state index is -0.229. The molecular formula is C4H8O2S2. The molecule has 0 radical (unpaired) electrons. The van der Waals surface area contributed by atoms with E-state index in [-0.39, 0.29) is 5.97 Å². The smallest absolute Gasteiger partial charge is 0.302 e. The molecule has 0 aliphatic carbocycles. The molecular weight excluding hydrogens is 144 g/mol. The highest BCUT2D eigenvalue weighted by Crippen LogP contribution is 2.02. The van der Waals surface area contributed by atoms with Crippen LogP contribution < -0.4 is 0 Å². The van der Waals surface area contributed by atoms with Gasteiger partial charge in [-0.15, -0.1) is 11.7 Å². The van der Waals surface area contributed by atoms with Crippen molar-refractivity contribution in [2.75, 3.05) is 12.4 Å². The molecule has 48 valence electrons. The van der Waals surface area contributed by atoms with E-state index < -0.39 is 0 Å². The van der Waals surface area contributed by atoms with Gasteiger partial charge in [-0.3, -0.25) is 4.79 Å². The summed E-state index contributed by atoms with van der Waals surface area (Å²) >= 11 is 3.85. The molecule has 0 saturated heterocycles. The van der Waals surface area contributed by atoms with Gasteiger partial charge in [0.25, 0.3) is 0 Å². The van der Waals surface area contributed by atoms with Crippen LogP contribution in [0.4, 0.5) is 0 Å². The molecule has 0 aromatic carbocycles. The Balaban J connectivity index is 2.82. The van der Waals surface area contributed by atoms with Crippen LogP contribution in [-0.2, 0) is 9.53 Å². The van der Waals surface area contributed by atoms with Crippen molar-refractivity contribution < 1.29 is 9.53 Å². The summed E-state index contributed by atoms with van der Waals surface area (Å²) < 4.78 is 4.57. The van der Waals surface area contributed by atoms with Crippen molar-refractivity contribution >= 4 is 28.4 Å². The number of carbonyl (C=O) groups is 1. The molecule has 0 saturated carbocycles. The summed E-state index contributed by atoms with van der Waals surface area (Å²) in [5, 5.41) is 0. The van der Waals surface area contributed by atoms with E-state index in [4.69, 9.17) is 0 Å². The van der Waals surface area contributed by atoms with Gasteiger partial charge in [0.15, 0.2) is 0 Å². The number of rotatable bonds is 3. The fourth-order valence-corrected chi connectivity index (χ4v) is 0.604. The largest absolute Gasteiger partial charge is 0.465 e. The number of ether oxygens (including phenoxy) is 1. The van der Waals surface area contributed by atoms with Crippen LogP contribution in [0.3, 0.4) is 0 Å². The molecule has 0 spiro atoms. The highest BCUT2D eigenvalue weighted by Gasteiger charge is 1.88. The Bertz CT molecular complexity index is 74.4. The molecule has 4 heteroatoms. The molecule has 0 N–H and O–H groups in total. The molecule has 2 nitrogen and oxygen atoms in total. The van der Waals surface area contributed by atoms with Gasteiger partial charge < -0.3 is 4.74 Å². The zero-order valence-corrected chi connectivity index (χ0v) is 6.30. The van der Waals surface area contributed by atoms with Crippen LogP contribution in [0.5, 0.6) is 0 Å². The summed E-state index contributed by atoms with van der Waals surface area (Å²) in [5.41, 5.74) is 0. The van der Waals surface area contributed by atoms with E-state index in [0.29, 0.717) is 6.61 Å². The first-order valence-corrected chi connectivity index (χ1v) is 4.21. The summed E-state index contributed by atoms with van der Waals surface area (Å²) in [4.78, 5) is 10.1. The predicted molar refractivity (Wildman–Crippen MR) is 38.1 cm³/mol. The quantitative estimate of drug-likeness (QED) is 0.284. The Morgan fingerprint density at radius 2 is 2.50 bits per heavy atom. The first-order valence-electron chi connectivity index (χ1n) is 2.17. The third-order valence-electron chi connectivity index (χ3n) is 0.480. The lowest BCUT2D eigenvalue weighted by Crippen LogP contribution is -2.01. The van der Waals surface area contributed by atoms with E-state index in [0.717, 1.165) is 5.75 Å². The van der Waals surface area contributed by atoms with Crippen LogP contribution >= 0.6 is 22.5 Å². The number of carbonyl (C=O) groups excluding carboxylic acids is 1. The zero-order valence-electron chi connectivity index (χ0n) is 4.59. The Kier molecular flexibility index (Phi) is 5.42. The van der Waals surface area contributed by atoms with Gasteiger partial charge in [-0.25, -0.2) is 0 Å². The molecule has 0 aromatic heterocycles. The van der Waals surface area contributed by atoms with Crippen molar-refractivity contribution in [1.29, 1.82) is 0 Å². The fraction of sp³-hybridized carbons (Fsp3) is 0.750. The molecule has 0 rings (SSSR count).